The monoisotopic (exact) mass is 717 g/mol. The van der Waals surface area contributed by atoms with E-state index in [1.165, 1.54) is 4.90 Å². The molecule has 3 N–H and O–H groups in total. The highest BCUT2D eigenvalue weighted by atomic mass is 32.2. The Morgan fingerprint density at radius 1 is 1.06 bits per heavy atom. The van der Waals surface area contributed by atoms with Crippen LogP contribution in [0.3, 0.4) is 0 Å². The third kappa shape index (κ3) is 8.05. The summed E-state index contributed by atoms with van der Waals surface area (Å²) in [7, 11) is -3.91. The van der Waals surface area contributed by atoms with Crippen LogP contribution < -0.4 is 15.4 Å². The molecule has 50 heavy (non-hydrogen) atoms. The fourth-order valence-electron chi connectivity index (χ4n) is 7.03. The molecule has 2 saturated carbocycles. The van der Waals surface area contributed by atoms with Crippen LogP contribution in [-0.4, -0.2) is 103 Å². The first-order valence-corrected chi connectivity index (χ1v) is 18.9. The van der Waals surface area contributed by atoms with Gasteiger partial charge in [-0.15, -0.1) is 0 Å². The smallest absolute Gasteiger partial charge is 0.410 e. The Labute approximate surface area is 290 Å². The molecule has 3 heterocycles. The quantitative estimate of drug-likeness (QED) is 0.357. The summed E-state index contributed by atoms with van der Waals surface area (Å²) in [4.78, 5) is 70.4. The SMILES string of the molecule is O=C(N[C@H]1CCCCC/C=C\[C@H]2C[C@@]2(C(=O)NS(=O)(=O)C2CC2)NC(=O)[C@@H]2C[C@@H](OC(=O)N3CCc4ccccc4C3)CN2C1=O)OCCF. The van der Waals surface area contributed by atoms with Gasteiger partial charge in [-0.2, -0.15) is 0 Å². The number of amides is 5. The summed E-state index contributed by atoms with van der Waals surface area (Å²) in [6.45, 7) is -0.782. The van der Waals surface area contributed by atoms with Crippen molar-refractivity contribution in [1.29, 1.82) is 0 Å². The molecule has 16 heteroatoms. The summed E-state index contributed by atoms with van der Waals surface area (Å²) >= 11 is 0. The predicted molar refractivity (Wildman–Crippen MR) is 176 cm³/mol. The van der Waals surface area contributed by atoms with E-state index >= 15 is 0 Å². The minimum absolute atomic E-state index is 0.0919. The van der Waals surface area contributed by atoms with Crippen molar-refractivity contribution < 1.29 is 46.3 Å². The highest BCUT2D eigenvalue weighted by Gasteiger charge is 2.62. The number of halogens is 1. The fraction of sp³-hybridized carbons (Fsp3) is 0.618. The standard InChI is InChI=1S/C34H44FN5O9S/c35-15-17-48-32(44)36-27-11-5-3-1-2-4-10-24-19-34(24,31(43)38-50(46,47)26-12-13-26)37-29(41)28-18-25(21-40(28)30(27)42)49-33(45)39-16-14-22-8-6-7-9-23(22)20-39/h4,6-10,24-28H,1-3,5,11-21H2,(H,36,44)(H,37,41)(H,38,43)/b10-4-/t24-,25+,27-,28-,34+/m0/s1. The summed E-state index contributed by atoms with van der Waals surface area (Å²) < 4.78 is 51.0. The minimum atomic E-state index is -3.91. The maximum Gasteiger partial charge on any atom is 0.410 e. The van der Waals surface area contributed by atoms with Gasteiger partial charge in [0, 0.05) is 25.4 Å². The van der Waals surface area contributed by atoms with Crippen LogP contribution in [0.25, 0.3) is 0 Å². The zero-order chi connectivity index (χ0) is 35.5. The Kier molecular flexibility index (Phi) is 10.6. The third-order valence-corrected chi connectivity index (χ3v) is 11.9. The predicted octanol–water partition coefficient (Wildman–Crippen LogP) is 2.22. The van der Waals surface area contributed by atoms with Crippen LogP contribution >= 0.6 is 0 Å². The van der Waals surface area contributed by atoms with Gasteiger partial charge >= 0.3 is 12.2 Å². The van der Waals surface area contributed by atoms with Crippen molar-refractivity contribution in [2.24, 2.45) is 5.92 Å². The Morgan fingerprint density at radius 2 is 1.84 bits per heavy atom. The van der Waals surface area contributed by atoms with E-state index in [4.69, 9.17) is 9.47 Å². The zero-order valence-corrected chi connectivity index (χ0v) is 28.6. The molecule has 272 valence electrons. The number of hydrogen-bond acceptors (Lipinski definition) is 9. The average Bonchev–Trinajstić information content (AvgIpc) is 4.02. The molecule has 5 aliphatic rings. The number of rotatable bonds is 7. The Balaban J connectivity index is 1.24. The van der Waals surface area contributed by atoms with Crippen LogP contribution in [0.2, 0.25) is 0 Å². The van der Waals surface area contributed by atoms with E-state index in [0.29, 0.717) is 51.6 Å². The molecule has 1 aromatic carbocycles. The lowest BCUT2D eigenvalue weighted by Gasteiger charge is -2.30. The Morgan fingerprint density at radius 3 is 2.60 bits per heavy atom. The van der Waals surface area contributed by atoms with Crippen LogP contribution in [0.15, 0.2) is 36.4 Å². The second-order valence-electron chi connectivity index (χ2n) is 13.7. The van der Waals surface area contributed by atoms with Gasteiger partial charge in [0.2, 0.25) is 21.8 Å². The highest BCUT2D eigenvalue weighted by Crippen LogP contribution is 2.46. The second kappa shape index (κ2) is 15.0. The molecule has 0 aromatic heterocycles. The normalized spacial score (nSPS) is 29.1. The maximum atomic E-state index is 14.1. The molecule has 5 amide bonds. The molecule has 6 rings (SSSR count). The van der Waals surface area contributed by atoms with Gasteiger partial charge in [0.25, 0.3) is 5.91 Å². The van der Waals surface area contributed by atoms with E-state index in [0.717, 1.165) is 17.5 Å². The molecule has 0 unspecified atom stereocenters. The highest BCUT2D eigenvalue weighted by molar-refractivity contribution is 7.91. The van der Waals surface area contributed by atoms with Crippen molar-refractivity contribution >= 4 is 39.9 Å². The number of alkyl halides is 1. The molecule has 1 saturated heterocycles. The van der Waals surface area contributed by atoms with E-state index in [1.54, 1.807) is 4.90 Å². The number of alkyl carbamates (subject to hydrolysis) is 1. The fourth-order valence-corrected chi connectivity index (χ4v) is 8.40. The largest absolute Gasteiger partial charge is 0.447 e. The molecule has 5 atom stereocenters. The molecule has 2 aliphatic carbocycles. The first-order valence-electron chi connectivity index (χ1n) is 17.4. The average molecular weight is 718 g/mol. The maximum absolute atomic E-state index is 14.1. The van der Waals surface area contributed by atoms with E-state index in [-0.39, 0.29) is 25.8 Å². The number of nitrogens with one attached hydrogen (secondary N) is 3. The topological polar surface area (TPSA) is 181 Å². The van der Waals surface area contributed by atoms with Gasteiger partial charge in [0.15, 0.2) is 0 Å². The first kappa shape index (κ1) is 35.6. The molecule has 0 spiro atoms. The van der Waals surface area contributed by atoms with Crippen LogP contribution in [0.5, 0.6) is 0 Å². The van der Waals surface area contributed by atoms with Crippen molar-refractivity contribution in [2.75, 3.05) is 26.4 Å². The molecule has 0 bridgehead atoms. The number of sulfonamides is 1. The molecular formula is C34H44FN5O9S. The third-order valence-electron chi connectivity index (χ3n) is 10.1. The van der Waals surface area contributed by atoms with Gasteiger partial charge in [0.05, 0.1) is 11.8 Å². The summed E-state index contributed by atoms with van der Waals surface area (Å²) in [6, 6.07) is 5.45. The van der Waals surface area contributed by atoms with E-state index in [1.807, 2.05) is 36.4 Å². The number of hydrogen-bond donors (Lipinski definition) is 3. The lowest BCUT2D eigenvalue weighted by Crippen LogP contribution is -2.58. The van der Waals surface area contributed by atoms with Crippen molar-refractivity contribution in [3.8, 4) is 0 Å². The zero-order valence-electron chi connectivity index (χ0n) is 27.8. The van der Waals surface area contributed by atoms with Crippen LogP contribution in [0.1, 0.15) is 68.9 Å². The van der Waals surface area contributed by atoms with Crippen LogP contribution in [0, 0.1) is 5.92 Å². The number of nitrogens with zero attached hydrogens (tertiary/aromatic N) is 2. The minimum Gasteiger partial charge on any atom is -0.447 e. The second-order valence-corrected chi connectivity index (χ2v) is 15.7. The lowest BCUT2D eigenvalue weighted by atomic mass is 10.0. The number of carbonyl (C=O) groups is 5. The van der Waals surface area contributed by atoms with Crippen LogP contribution in [-0.2, 0) is 46.8 Å². The molecule has 14 nitrogen and oxygen atoms in total. The lowest BCUT2D eigenvalue weighted by molar-refractivity contribution is -0.141. The van der Waals surface area contributed by atoms with Gasteiger partial charge in [-0.3, -0.25) is 19.1 Å². The summed E-state index contributed by atoms with van der Waals surface area (Å²) in [5.74, 6) is -2.64. The summed E-state index contributed by atoms with van der Waals surface area (Å²) in [6.07, 6.45) is 5.70. The van der Waals surface area contributed by atoms with Crippen molar-refractivity contribution in [3.63, 3.8) is 0 Å². The number of fused-ring (bicyclic) bond motifs is 3. The summed E-state index contributed by atoms with van der Waals surface area (Å²) in [5.41, 5.74) is 0.595. The van der Waals surface area contributed by atoms with Gasteiger partial charge in [0.1, 0.15) is 37.0 Å². The van der Waals surface area contributed by atoms with Gasteiger partial charge in [-0.1, -0.05) is 49.3 Å². The van der Waals surface area contributed by atoms with E-state index in [9.17, 15) is 36.8 Å². The summed E-state index contributed by atoms with van der Waals surface area (Å²) in [5, 5.41) is 4.64. The number of benzene rings is 1. The Hall–Kier alpha value is -4.21. The van der Waals surface area contributed by atoms with Gasteiger partial charge < -0.3 is 29.9 Å². The molecular weight excluding hydrogens is 673 g/mol. The number of ether oxygens (including phenoxy) is 2. The van der Waals surface area contributed by atoms with Gasteiger partial charge in [-0.25, -0.2) is 22.4 Å². The number of carbonyl (C=O) groups excluding carboxylic acids is 5. The van der Waals surface area contributed by atoms with Crippen molar-refractivity contribution in [1.82, 2.24) is 25.2 Å². The molecule has 1 aromatic rings. The van der Waals surface area contributed by atoms with Gasteiger partial charge in [-0.05, 0) is 56.1 Å². The number of allylic oxidation sites excluding steroid dienone is 1. The Bertz CT molecular complexity index is 1640. The van der Waals surface area contributed by atoms with Crippen molar-refractivity contribution in [3.05, 3.63) is 47.5 Å². The van der Waals surface area contributed by atoms with Crippen LogP contribution in [0.4, 0.5) is 14.0 Å². The first-order chi connectivity index (χ1) is 24.0. The molecule has 3 aliphatic heterocycles. The van der Waals surface area contributed by atoms with Crippen molar-refractivity contribution in [2.45, 2.75) is 99.7 Å². The molecule has 0 radical (unpaired) electrons. The van der Waals surface area contributed by atoms with E-state index in [2.05, 4.69) is 15.4 Å². The molecule has 3 fully saturated rings. The van der Waals surface area contributed by atoms with E-state index < -0.39 is 88.1 Å².